The van der Waals surface area contributed by atoms with Gasteiger partial charge in [0.1, 0.15) is 0 Å². The highest BCUT2D eigenvalue weighted by molar-refractivity contribution is 5.76. The summed E-state index contributed by atoms with van der Waals surface area (Å²) in [5.74, 6) is 0.753. The molecule has 0 aliphatic rings. The lowest BCUT2D eigenvalue weighted by molar-refractivity contribution is -0.121. The number of nitrogens with one attached hydrogen (secondary N) is 1. The normalized spacial score (nSPS) is 13.0. The van der Waals surface area contributed by atoms with Crippen LogP contribution in [-0.2, 0) is 4.79 Å². The van der Waals surface area contributed by atoms with Crippen LogP contribution in [0.2, 0.25) is 0 Å². The van der Waals surface area contributed by atoms with Gasteiger partial charge in [-0.25, -0.2) is 0 Å². The van der Waals surface area contributed by atoms with Crippen molar-refractivity contribution in [1.82, 2.24) is 5.32 Å². The van der Waals surface area contributed by atoms with E-state index in [1.807, 2.05) is 6.92 Å². The van der Waals surface area contributed by atoms with Crippen LogP contribution in [0.1, 0.15) is 40.0 Å². The van der Waals surface area contributed by atoms with Crippen LogP contribution in [0, 0.1) is 5.92 Å². The Bertz CT molecular complexity index is 146. The van der Waals surface area contributed by atoms with Crippen LogP contribution in [0.4, 0.5) is 0 Å². The molecule has 0 saturated heterocycles. The molecule has 0 rings (SSSR count). The summed E-state index contributed by atoms with van der Waals surface area (Å²) in [7, 11) is 0. The van der Waals surface area contributed by atoms with Crippen molar-refractivity contribution < 1.29 is 4.79 Å². The quantitative estimate of drug-likeness (QED) is 0.656. The maximum atomic E-state index is 11.2. The summed E-state index contributed by atoms with van der Waals surface area (Å²) in [6.07, 6.45) is 2.37. The van der Waals surface area contributed by atoms with E-state index in [1.54, 1.807) is 0 Å². The smallest absolute Gasteiger partial charge is 0.220 e. The Morgan fingerprint density at radius 3 is 2.46 bits per heavy atom. The molecule has 13 heavy (non-hydrogen) atoms. The highest BCUT2D eigenvalue weighted by Gasteiger charge is 2.07. The van der Waals surface area contributed by atoms with E-state index in [-0.39, 0.29) is 11.9 Å². The van der Waals surface area contributed by atoms with Crippen LogP contribution in [0.25, 0.3) is 0 Å². The third-order valence-corrected chi connectivity index (χ3v) is 1.84. The van der Waals surface area contributed by atoms with Crippen molar-refractivity contribution in [2.24, 2.45) is 11.7 Å². The maximum Gasteiger partial charge on any atom is 0.220 e. The summed E-state index contributed by atoms with van der Waals surface area (Å²) in [5.41, 5.74) is 5.31. The van der Waals surface area contributed by atoms with Crippen LogP contribution < -0.4 is 11.1 Å². The molecule has 0 spiro atoms. The molecule has 0 bridgehead atoms. The Balaban J connectivity index is 3.53. The molecule has 3 N–H and O–H groups in total. The first-order valence-corrected chi connectivity index (χ1v) is 5.05. The molecule has 78 valence electrons. The Labute approximate surface area is 81.1 Å². The zero-order valence-corrected chi connectivity index (χ0v) is 8.97. The van der Waals surface area contributed by atoms with Crippen molar-refractivity contribution in [3.8, 4) is 0 Å². The van der Waals surface area contributed by atoms with Gasteiger partial charge in [-0.3, -0.25) is 4.79 Å². The highest BCUT2D eigenvalue weighted by Crippen LogP contribution is 2.03. The largest absolute Gasteiger partial charge is 0.354 e. The van der Waals surface area contributed by atoms with Gasteiger partial charge in [0.25, 0.3) is 0 Å². The topological polar surface area (TPSA) is 55.1 Å². The van der Waals surface area contributed by atoms with E-state index < -0.39 is 0 Å². The predicted octanol–water partition coefficient (Wildman–Crippen LogP) is 1.28. The minimum absolute atomic E-state index is 0.124. The van der Waals surface area contributed by atoms with Crippen molar-refractivity contribution in [3.05, 3.63) is 0 Å². The Morgan fingerprint density at radius 2 is 2.00 bits per heavy atom. The van der Waals surface area contributed by atoms with Crippen molar-refractivity contribution in [2.75, 3.05) is 6.54 Å². The number of nitrogens with two attached hydrogens (primary N) is 1. The molecule has 1 amide bonds. The summed E-state index contributed by atoms with van der Waals surface area (Å²) in [6.45, 7) is 6.94. The molecule has 0 aliphatic carbocycles. The van der Waals surface area contributed by atoms with Gasteiger partial charge in [0.2, 0.25) is 5.91 Å². The van der Waals surface area contributed by atoms with Gasteiger partial charge >= 0.3 is 0 Å². The van der Waals surface area contributed by atoms with Crippen LogP contribution >= 0.6 is 0 Å². The molecule has 0 saturated carbocycles. The van der Waals surface area contributed by atoms with Crippen molar-refractivity contribution in [3.63, 3.8) is 0 Å². The van der Waals surface area contributed by atoms with Gasteiger partial charge in [0.05, 0.1) is 0 Å². The minimum Gasteiger partial charge on any atom is -0.354 e. The second-order valence-electron chi connectivity index (χ2n) is 3.99. The van der Waals surface area contributed by atoms with E-state index in [9.17, 15) is 4.79 Å². The number of rotatable bonds is 6. The fourth-order valence-electron chi connectivity index (χ4n) is 1.38. The second kappa shape index (κ2) is 6.89. The lowest BCUT2D eigenvalue weighted by Crippen LogP contribution is -2.33. The highest BCUT2D eigenvalue weighted by atomic mass is 16.1. The predicted molar refractivity (Wildman–Crippen MR) is 55.3 cm³/mol. The molecule has 1 unspecified atom stereocenters. The molecule has 0 heterocycles. The van der Waals surface area contributed by atoms with E-state index >= 15 is 0 Å². The van der Waals surface area contributed by atoms with Gasteiger partial charge < -0.3 is 11.1 Å². The first-order chi connectivity index (χ1) is 6.06. The molecular formula is C10H22N2O. The first kappa shape index (κ1) is 12.4. The van der Waals surface area contributed by atoms with Gasteiger partial charge in [-0.1, -0.05) is 13.8 Å². The van der Waals surface area contributed by atoms with E-state index in [4.69, 9.17) is 5.73 Å². The van der Waals surface area contributed by atoms with Crippen LogP contribution in [0.15, 0.2) is 0 Å². The Kier molecular flexibility index (Phi) is 6.59. The lowest BCUT2D eigenvalue weighted by atomic mass is 10.1. The number of hydrogen-bond donors (Lipinski definition) is 2. The summed E-state index contributed by atoms with van der Waals surface area (Å²) < 4.78 is 0. The van der Waals surface area contributed by atoms with Gasteiger partial charge in [0, 0.05) is 12.5 Å². The summed E-state index contributed by atoms with van der Waals surface area (Å²) in [6, 6.07) is 0.283. The van der Waals surface area contributed by atoms with E-state index in [2.05, 4.69) is 19.2 Å². The number of hydrogen-bond acceptors (Lipinski definition) is 2. The molecule has 0 radical (unpaired) electrons. The van der Waals surface area contributed by atoms with Crippen LogP contribution in [0.5, 0.6) is 0 Å². The van der Waals surface area contributed by atoms with Crippen molar-refractivity contribution in [1.29, 1.82) is 0 Å². The average Bonchev–Trinajstić information content (AvgIpc) is 1.98. The third-order valence-electron chi connectivity index (χ3n) is 1.84. The summed E-state index contributed by atoms with van der Waals surface area (Å²) in [4.78, 5) is 11.2. The van der Waals surface area contributed by atoms with E-state index in [1.165, 1.54) is 0 Å². The molecule has 0 aromatic heterocycles. The SMILES string of the molecule is CC(C)CC(C)NC(=O)CCCN. The van der Waals surface area contributed by atoms with Crippen LogP contribution in [0.3, 0.4) is 0 Å². The average molecular weight is 186 g/mol. The molecule has 0 aliphatic heterocycles. The van der Waals surface area contributed by atoms with Crippen molar-refractivity contribution in [2.45, 2.75) is 46.1 Å². The first-order valence-electron chi connectivity index (χ1n) is 5.05. The molecule has 3 heteroatoms. The maximum absolute atomic E-state index is 11.2. The van der Waals surface area contributed by atoms with Gasteiger partial charge in [-0.05, 0) is 32.2 Å². The fraction of sp³-hybridized carbons (Fsp3) is 0.900. The lowest BCUT2D eigenvalue weighted by Gasteiger charge is -2.15. The summed E-state index contributed by atoms with van der Waals surface area (Å²) >= 11 is 0. The number of carbonyl (C=O) groups is 1. The molecule has 0 aromatic rings. The monoisotopic (exact) mass is 186 g/mol. The van der Waals surface area contributed by atoms with E-state index in [0.29, 0.717) is 18.9 Å². The van der Waals surface area contributed by atoms with E-state index in [0.717, 1.165) is 12.8 Å². The molecule has 0 fully saturated rings. The fourth-order valence-corrected chi connectivity index (χ4v) is 1.38. The molecule has 3 nitrogen and oxygen atoms in total. The van der Waals surface area contributed by atoms with Gasteiger partial charge in [0.15, 0.2) is 0 Å². The second-order valence-corrected chi connectivity index (χ2v) is 3.99. The Hall–Kier alpha value is -0.570. The summed E-state index contributed by atoms with van der Waals surface area (Å²) in [5, 5.41) is 2.95. The number of carbonyl (C=O) groups excluding carboxylic acids is 1. The molecule has 1 atom stereocenters. The molecular weight excluding hydrogens is 164 g/mol. The zero-order valence-electron chi connectivity index (χ0n) is 8.97. The number of amides is 1. The minimum atomic E-state index is 0.124. The van der Waals surface area contributed by atoms with Gasteiger partial charge in [-0.15, -0.1) is 0 Å². The molecule has 0 aromatic carbocycles. The van der Waals surface area contributed by atoms with Crippen LogP contribution in [-0.4, -0.2) is 18.5 Å². The van der Waals surface area contributed by atoms with Crippen molar-refractivity contribution >= 4 is 5.91 Å². The third kappa shape index (κ3) is 7.78. The standard InChI is InChI=1S/C10H22N2O/c1-8(2)7-9(3)12-10(13)5-4-6-11/h8-9H,4-7,11H2,1-3H3,(H,12,13). The zero-order chi connectivity index (χ0) is 10.3. The Morgan fingerprint density at radius 1 is 1.38 bits per heavy atom. The van der Waals surface area contributed by atoms with Gasteiger partial charge in [-0.2, -0.15) is 0 Å².